The molecule has 1 atom stereocenters. The molecule has 1 aromatic heterocycles. The Hall–Kier alpha value is -1.74. The summed E-state index contributed by atoms with van der Waals surface area (Å²) >= 11 is 0. The zero-order valence-corrected chi connectivity index (χ0v) is 11.5. The van der Waals surface area contributed by atoms with Gasteiger partial charge in [0.15, 0.2) is 0 Å². The van der Waals surface area contributed by atoms with E-state index in [2.05, 4.69) is 42.4 Å². The van der Waals surface area contributed by atoms with Crippen LogP contribution < -0.4 is 10.2 Å². The Balaban J connectivity index is 1.65. The van der Waals surface area contributed by atoms with Crippen molar-refractivity contribution in [1.29, 1.82) is 0 Å². The fourth-order valence-electron chi connectivity index (χ4n) is 2.64. The van der Waals surface area contributed by atoms with Crippen LogP contribution >= 0.6 is 0 Å². The maximum absolute atomic E-state index is 5.40. The van der Waals surface area contributed by atoms with Gasteiger partial charge in [-0.3, -0.25) is 0 Å². The average molecular weight is 256 g/mol. The van der Waals surface area contributed by atoms with Crippen molar-refractivity contribution in [2.24, 2.45) is 0 Å². The minimum absolute atomic E-state index is 0.242. The van der Waals surface area contributed by atoms with Gasteiger partial charge in [-0.2, -0.15) is 0 Å². The summed E-state index contributed by atoms with van der Waals surface area (Å²) in [6.45, 7) is 4.13. The number of benzene rings is 1. The Morgan fingerprint density at radius 2 is 2.26 bits per heavy atom. The Kier molecular flexibility index (Phi) is 3.30. The van der Waals surface area contributed by atoms with Gasteiger partial charge >= 0.3 is 0 Å². The third-order valence-corrected chi connectivity index (χ3v) is 3.85. The minimum atomic E-state index is 0.242. The summed E-state index contributed by atoms with van der Waals surface area (Å²) in [4.78, 5) is 2.32. The molecule has 0 radical (unpaired) electrons. The summed E-state index contributed by atoms with van der Waals surface area (Å²) in [5.74, 6) is 0.987. The predicted octanol–water partition coefficient (Wildman–Crippen LogP) is 3.12. The van der Waals surface area contributed by atoms with Crippen LogP contribution in [-0.4, -0.2) is 13.6 Å². The van der Waals surface area contributed by atoms with Gasteiger partial charge < -0.3 is 14.6 Å². The van der Waals surface area contributed by atoms with Crippen LogP contribution in [0, 0.1) is 0 Å². The molecular formula is C16H20N2O. The van der Waals surface area contributed by atoms with Gasteiger partial charge in [0, 0.05) is 25.8 Å². The van der Waals surface area contributed by atoms with Crippen molar-refractivity contribution in [3.63, 3.8) is 0 Å². The largest absolute Gasteiger partial charge is 0.468 e. The molecular weight excluding hydrogens is 236 g/mol. The molecule has 0 amide bonds. The van der Waals surface area contributed by atoms with E-state index in [0.29, 0.717) is 0 Å². The predicted molar refractivity (Wildman–Crippen MR) is 77.4 cm³/mol. The zero-order chi connectivity index (χ0) is 13.2. The fourth-order valence-corrected chi connectivity index (χ4v) is 2.64. The quantitative estimate of drug-likeness (QED) is 0.911. The normalized spacial score (nSPS) is 15.6. The van der Waals surface area contributed by atoms with Crippen molar-refractivity contribution < 1.29 is 4.42 Å². The summed E-state index contributed by atoms with van der Waals surface area (Å²) in [7, 11) is 2.16. The number of furan rings is 1. The molecule has 100 valence electrons. The van der Waals surface area contributed by atoms with E-state index in [-0.39, 0.29) is 6.04 Å². The molecule has 1 aliphatic heterocycles. The number of nitrogens with one attached hydrogen (secondary N) is 1. The molecule has 2 aromatic rings. The van der Waals surface area contributed by atoms with Gasteiger partial charge in [-0.1, -0.05) is 12.1 Å². The molecule has 0 fully saturated rings. The standard InChI is InChI=1S/C16H20N2O/c1-12(16-4-3-9-19-16)17-11-13-5-6-15-14(10-13)7-8-18(15)2/h3-6,9-10,12,17H,7-8,11H2,1-2H3. The molecule has 0 saturated heterocycles. The lowest BCUT2D eigenvalue weighted by Gasteiger charge is -2.14. The third kappa shape index (κ3) is 2.51. The van der Waals surface area contributed by atoms with Crippen LogP contribution in [0.3, 0.4) is 0 Å². The Labute approximate surface area is 114 Å². The number of nitrogens with zero attached hydrogens (tertiary/aromatic N) is 1. The van der Waals surface area contributed by atoms with Crippen molar-refractivity contribution >= 4 is 5.69 Å². The number of hydrogen-bond donors (Lipinski definition) is 1. The molecule has 1 N–H and O–H groups in total. The molecule has 19 heavy (non-hydrogen) atoms. The number of fused-ring (bicyclic) bond motifs is 1. The van der Waals surface area contributed by atoms with Crippen molar-refractivity contribution in [2.75, 3.05) is 18.5 Å². The van der Waals surface area contributed by atoms with Gasteiger partial charge in [-0.05, 0) is 42.7 Å². The Morgan fingerprint density at radius 1 is 1.37 bits per heavy atom. The minimum Gasteiger partial charge on any atom is -0.468 e. The highest BCUT2D eigenvalue weighted by molar-refractivity contribution is 5.58. The maximum Gasteiger partial charge on any atom is 0.120 e. The molecule has 3 rings (SSSR count). The van der Waals surface area contributed by atoms with E-state index in [4.69, 9.17) is 4.42 Å². The molecule has 0 spiro atoms. The van der Waals surface area contributed by atoms with Crippen LogP contribution in [0.15, 0.2) is 41.0 Å². The molecule has 2 heterocycles. The number of rotatable bonds is 4. The summed E-state index contributed by atoms with van der Waals surface area (Å²) in [5.41, 5.74) is 4.18. The highest BCUT2D eigenvalue weighted by Gasteiger charge is 2.15. The van der Waals surface area contributed by atoms with Gasteiger partial charge in [0.25, 0.3) is 0 Å². The number of anilines is 1. The summed E-state index contributed by atoms with van der Waals surface area (Å²) in [5, 5.41) is 3.50. The van der Waals surface area contributed by atoms with Crippen molar-refractivity contribution in [2.45, 2.75) is 25.9 Å². The smallest absolute Gasteiger partial charge is 0.120 e. The van der Waals surface area contributed by atoms with Crippen molar-refractivity contribution in [3.05, 3.63) is 53.5 Å². The zero-order valence-electron chi connectivity index (χ0n) is 11.5. The first-order valence-corrected chi connectivity index (χ1v) is 6.84. The van der Waals surface area contributed by atoms with E-state index in [1.807, 2.05) is 12.1 Å². The lowest BCUT2D eigenvalue weighted by Crippen LogP contribution is -2.17. The van der Waals surface area contributed by atoms with Crippen LogP contribution in [0.25, 0.3) is 0 Å². The topological polar surface area (TPSA) is 28.4 Å². The van der Waals surface area contributed by atoms with Gasteiger partial charge in [-0.25, -0.2) is 0 Å². The molecule has 3 heteroatoms. The first-order valence-electron chi connectivity index (χ1n) is 6.84. The number of hydrogen-bond acceptors (Lipinski definition) is 3. The highest BCUT2D eigenvalue weighted by Crippen LogP contribution is 2.27. The first kappa shape index (κ1) is 12.3. The third-order valence-electron chi connectivity index (χ3n) is 3.85. The van der Waals surface area contributed by atoms with Gasteiger partial charge in [0.1, 0.15) is 5.76 Å². The van der Waals surface area contributed by atoms with Crippen LogP contribution in [0.2, 0.25) is 0 Å². The molecule has 0 saturated carbocycles. The van der Waals surface area contributed by atoms with E-state index < -0.39 is 0 Å². The summed E-state index contributed by atoms with van der Waals surface area (Å²) in [6, 6.07) is 10.9. The lowest BCUT2D eigenvalue weighted by atomic mass is 10.1. The number of likely N-dealkylation sites (N-methyl/N-ethyl adjacent to an activating group) is 1. The fraction of sp³-hybridized carbons (Fsp3) is 0.375. The molecule has 1 aromatic carbocycles. The SMILES string of the molecule is CC(NCc1ccc2c(c1)CCN2C)c1ccco1. The maximum atomic E-state index is 5.40. The van der Waals surface area contributed by atoms with Crippen molar-refractivity contribution in [1.82, 2.24) is 5.32 Å². The van der Waals surface area contributed by atoms with Gasteiger partial charge in [0.05, 0.1) is 12.3 Å². The van der Waals surface area contributed by atoms with E-state index in [0.717, 1.165) is 25.3 Å². The van der Waals surface area contributed by atoms with Crippen LogP contribution in [-0.2, 0) is 13.0 Å². The second kappa shape index (κ2) is 5.10. The van der Waals surface area contributed by atoms with E-state index in [1.54, 1.807) is 6.26 Å². The molecule has 1 aliphatic rings. The molecule has 0 aliphatic carbocycles. The van der Waals surface area contributed by atoms with E-state index in [1.165, 1.54) is 16.8 Å². The second-order valence-electron chi connectivity index (χ2n) is 5.25. The Morgan fingerprint density at radius 3 is 3.05 bits per heavy atom. The highest BCUT2D eigenvalue weighted by atomic mass is 16.3. The molecule has 3 nitrogen and oxygen atoms in total. The van der Waals surface area contributed by atoms with E-state index in [9.17, 15) is 0 Å². The molecule has 1 unspecified atom stereocenters. The van der Waals surface area contributed by atoms with Crippen LogP contribution in [0.5, 0.6) is 0 Å². The summed E-state index contributed by atoms with van der Waals surface area (Å²) in [6.07, 6.45) is 2.88. The first-order chi connectivity index (χ1) is 9.24. The average Bonchev–Trinajstić information content (AvgIpc) is 3.06. The molecule has 0 bridgehead atoms. The van der Waals surface area contributed by atoms with Gasteiger partial charge in [0.2, 0.25) is 0 Å². The Bertz CT molecular complexity index is 548. The van der Waals surface area contributed by atoms with Crippen LogP contribution in [0.4, 0.5) is 5.69 Å². The lowest BCUT2D eigenvalue weighted by molar-refractivity contribution is 0.430. The van der Waals surface area contributed by atoms with E-state index >= 15 is 0 Å². The van der Waals surface area contributed by atoms with Crippen LogP contribution in [0.1, 0.15) is 29.9 Å². The monoisotopic (exact) mass is 256 g/mol. The summed E-state index contributed by atoms with van der Waals surface area (Å²) < 4.78 is 5.40. The van der Waals surface area contributed by atoms with Gasteiger partial charge in [-0.15, -0.1) is 0 Å². The second-order valence-corrected chi connectivity index (χ2v) is 5.25. The van der Waals surface area contributed by atoms with Crippen molar-refractivity contribution in [3.8, 4) is 0 Å².